The summed E-state index contributed by atoms with van der Waals surface area (Å²) in [6.45, 7) is 4.97. The zero-order valence-electron chi connectivity index (χ0n) is 19.9. The quantitative estimate of drug-likeness (QED) is 0.452. The maximum atomic E-state index is 13.2. The summed E-state index contributed by atoms with van der Waals surface area (Å²) in [5.74, 6) is 1.08. The number of aryl methyl sites for hydroxylation is 1. The first kappa shape index (κ1) is 22.7. The van der Waals surface area contributed by atoms with E-state index in [2.05, 4.69) is 53.3 Å². The van der Waals surface area contributed by atoms with Crippen molar-refractivity contribution >= 4 is 17.5 Å². The molecule has 7 heteroatoms. The predicted octanol–water partition coefficient (Wildman–Crippen LogP) is 1.84. The summed E-state index contributed by atoms with van der Waals surface area (Å²) in [4.78, 5) is 26.1. The second-order valence-corrected chi connectivity index (χ2v) is 11.0. The molecule has 0 bridgehead atoms. The number of piperidine rings is 1. The molecule has 2 aliphatic carbocycles. The molecule has 2 saturated carbocycles. The molecule has 2 heterocycles. The first-order chi connectivity index (χ1) is 15.9. The number of para-hydroxylation sites is 1. The van der Waals surface area contributed by atoms with Crippen molar-refractivity contribution < 1.29 is 9.59 Å². The molecule has 1 aromatic carbocycles. The summed E-state index contributed by atoms with van der Waals surface area (Å²) in [7, 11) is 0. The Bertz CT molecular complexity index is 901. The summed E-state index contributed by atoms with van der Waals surface area (Å²) in [6.07, 6.45) is 6.79. The van der Waals surface area contributed by atoms with Crippen molar-refractivity contribution in [3.05, 3.63) is 29.3 Å². The average Bonchev–Trinajstić information content (AvgIpc) is 3.40. The lowest BCUT2D eigenvalue weighted by Gasteiger charge is -2.40. The van der Waals surface area contributed by atoms with Crippen LogP contribution in [0.15, 0.2) is 18.2 Å². The third-order valence-corrected chi connectivity index (χ3v) is 8.30. The van der Waals surface area contributed by atoms with Gasteiger partial charge in [0.25, 0.3) is 0 Å². The smallest absolute Gasteiger partial charge is 0.243 e. The van der Waals surface area contributed by atoms with Crippen molar-refractivity contribution in [3.63, 3.8) is 0 Å². The van der Waals surface area contributed by atoms with E-state index < -0.39 is 0 Å². The van der Waals surface area contributed by atoms with E-state index in [1.807, 2.05) is 0 Å². The van der Waals surface area contributed by atoms with Crippen molar-refractivity contribution in [3.8, 4) is 0 Å². The van der Waals surface area contributed by atoms with Crippen LogP contribution >= 0.6 is 0 Å². The normalized spacial score (nSPS) is 34.3. The molecular formula is C26H39N5O2. The minimum Gasteiger partial charge on any atom is -0.373 e. The molecule has 6 N–H and O–H groups in total. The lowest BCUT2D eigenvalue weighted by molar-refractivity contribution is -0.127. The van der Waals surface area contributed by atoms with E-state index in [-0.39, 0.29) is 47.9 Å². The van der Waals surface area contributed by atoms with Gasteiger partial charge in [-0.1, -0.05) is 25.1 Å². The molecule has 33 heavy (non-hydrogen) atoms. The lowest BCUT2D eigenvalue weighted by atomic mass is 9.80. The number of anilines is 1. The van der Waals surface area contributed by atoms with Gasteiger partial charge in [-0.25, -0.2) is 0 Å². The molecule has 0 aromatic heterocycles. The molecule has 4 aliphatic rings. The number of hydrogen-bond donors (Lipinski definition) is 5. The number of rotatable bonds is 6. The van der Waals surface area contributed by atoms with Crippen LogP contribution in [0.1, 0.15) is 56.6 Å². The number of benzene rings is 1. The molecule has 6 unspecified atom stereocenters. The van der Waals surface area contributed by atoms with Crippen LogP contribution < -0.4 is 27.0 Å². The fourth-order valence-corrected chi connectivity index (χ4v) is 6.24. The second-order valence-electron chi connectivity index (χ2n) is 11.0. The molecule has 0 radical (unpaired) electrons. The van der Waals surface area contributed by atoms with Gasteiger partial charge in [0.15, 0.2) is 0 Å². The number of carbonyl (C=O) groups excluding carboxylic acids is 2. The molecular weight excluding hydrogens is 414 g/mol. The minimum absolute atomic E-state index is 0.0161. The Labute approximate surface area is 197 Å². The Morgan fingerprint density at radius 3 is 2.61 bits per heavy atom. The molecule has 3 fully saturated rings. The van der Waals surface area contributed by atoms with Crippen LogP contribution in [0, 0.1) is 24.7 Å². The second kappa shape index (κ2) is 9.26. The Balaban J connectivity index is 1.17. The third kappa shape index (κ3) is 4.90. The van der Waals surface area contributed by atoms with Crippen molar-refractivity contribution in [2.24, 2.45) is 23.5 Å². The van der Waals surface area contributed by atoms with E-state index in [0.29, 0.717) is 18.4 Å². The van der Waals surface area contributed by atoms with Crippen molar-refractivity contribution in [1.82, 2.24) is 16.0 Å². The van der Waals surface area contributed by atoms with Gasteiger partial charge in [0.2, 0.25) is 11.8 Å². The Morgan fingerprint density at radius 2 is 1.94 bits per heavy atom. The predicted molar refractivity (Wildman–Crippen MR) is 130 cm³/mol. The third-order valence-electron chi connectivity index (χ3n) is 8.30. The molecule has 5 rings (SSSR count). The Morgan fingerprint density at radius 1 is 1.12 bits per heavy atom. The van der Waals surface area contributed by atoms with E-state index in [1.165, 1.54) is 24.0 Å². The molecule has 0 spiro atoms. The molecule has 2 amide bonds. The molecule has 7 atom stereocenters. The van der Waals surface area contributed by atoms with Gasteiger partial charge in [0.05, 0.1) is 5.92 Å². The molecule has 1 aromatic rings. The summed E-state index contributed by atoms with van der Waals surface area (Å²) in [6, 6.07) is 6.81. The van der Waals surface area contributed by atoms with Gasteiger partial charge in [0.1, 0.15) is 6.04 Å². The SMILES string of the molecule is Cc1cccc2c1NC(C(=O)NC(C1CC1)C1NCC(C(=O)NC3CC[C@@H](N)C3)CC1C)C2. The van der Waals surface area contributed by atoms with E-state index >= 15 is 0 Å². The molecule has 1 saturated heterocycles. The zero-order valence-corrected chi connectivity index (χ0v) is 19.9. The van der Waals surface area contributed by atoms with Crippen LogP contribution in [0.25, 0.3) is 0 Å². The van der Waals surface area contributed by atoms with Crippen LogP contribution in [0.2, 0.25) is 0 Å². The lowest BCUT2D eigenvalue weighted by Crippen LogP contribution is -2.60. The zero-order chi connectivity index (χ0) is 23.1. The van der Waals surface area contributed by atoms with Crippen LogP contribution in [0.4, 0.5) is 5.69 Å². The molecule has 7 nitrogen and oxygen atoms in total. The van der Waals surface area contributed by atoms with Crippen LogP contribution in [0.5, 0.6) is 0 Å². The Kier molecular flexibility index (Phi) is 6.36. The first-order valence-electron chi connectivity index (χ1n) is 12.8. The maximum Gasteiger partial charge on any atom is 0.243 e. The van der Waals surface area contributed by atoms with Gasteiger partial charge in [-0.15, -0.1) is 0 Å². The van der Waals surface area contributed by atoms with Gasteiger partial charge in [-0.05, 0) is 68.4 Å². The fraction of sp³-hybridized carbons (Fsp3) is 0.692. The summed E-state index contributed by atoms with van der Waals surface area (Å²) >= 11 is 0. The van der Waals surface area contributed by atoms with E-state index in [9.17, 15) is 9.59 Å². The fourth-order valence-electron chi connectivity index (χ4n) is 6.24. The monoisotopic (exact) mass is 453 g/mol. The highest BCUT2D eigenvalue weighted by Gasteiger charge is 2.44. The topological polar surface area (TPSA) is 108 Å². The summed E-state index contributed by atoms with van der Waals surface area (Å²) < 4.78 is 0. The molecule has 180 valence electrons. The number of carbonyl (C=O) groups is 2. The minimum atomic E-state index is -0.211. The number of fused-ring (bicyclic) bond motifs is 1. The summed E-state index contributed by atoms with van der Waals surface area (Å²) in [5, 5.41) is 13.7. The standard InChI is InChI=1S/C26H39N5O2/c1-14-4-3-5-17-11-21(30-22(14)17)26(33)31-24(16-6-7-16)23-15(2)10-18(13-28-23)25(32)29-20-9-8-19(27)12-20/h3-5,15-16,18-21,23-24,28,30H,6-13,27H2,1-2H3,(H,29,32)(H,31,33)/t15?,18?,19-,20?,21?,23?,24?/m1/s1. The highest BCUT2D eigenvalue weighted by atomic mass is 16.2. The first-order valence-corrected chi connectivity index (χ1v) is 12.8. The highest BCUT2D eigenvalue weighted by molar-refractivity contribution is 5.88. The van der Waals surface area contributed by atoms with E-state index in [1.54, 1.807) is 0 Å². The van der Waals surface area contributed by atoms with E-state index in [0.717, 1.165) is 37.8 Å². The maximum absolute atomic E-state index is 13.2. The van der Waals surface area contributed by atoms with Crippen molar-refractivity contribution in [2.75, 3.05) is 11.9 Å². The van der Waals surface area contributed by atoms with Gasteiger partial charge < -0.3 is 27.0 Å². The van der Waals surface area contributed by atoms with Gasteiger partial charge in [0, 0.05) is 42.8 Å². The highest BCUT2D eigenvalue weighted by Crippen LogP contribution is 2.38. The number of nitrogens with two attached hydrogens (primary N) is 1. The molecule has 2 aliphatic heterocycles. The van der Waals surface area contributed by atoms with Crippen molar-refractivity contribution in [2.45, 2.75) is 89.0 Å². The average molecular weight is 454 g/mol. The van der Waals surface area contributed by atoms with Crippen molar-refractivity contribution in [1.29, 1.82) is 0 Å². The van der Waals surface area contributed by atoms with E-state index in [4.69, 9.17) is 5.73 Å². The van der Waals surface area contributed by atoms with Crippen LogP contribution in [-0.2, 0) is 16.0 Å². The number of nitrogens with one attached hydrogen (secondary N) is 4. The largest absolute Gasteiger partial charge is 0.373 e. The van der Waals surface area contributed by atoms with Gasteiger partial charge in [-0.2, -0.15) is 0 Å². The van der Waals surface area contributed by atoms with Gasteiger partial charge in [-0.3, -0.25) is 9.59 Å². The number of hydrogen-bond acceptors (Lipinski definition) is 5. The van der Waals surface area contributed by atoms with Gasteiger partial charge >= 0.3 is 0 Å². The summed E-state index contributed by atoms with van der Waals surface area (Å²) in [5.41, 5.74) is 9.52. The number of amides is 2. The Hall–Kier alpha value is -2.12. The van der Waals surface area contributed by atoms with Crippen LogP contribution in [0.3, 0.4) is 0 Å². The van der Waals surface area contributed by atoms with Crippen LogP contribution in [-0.4, -0.2) is 48.6 Å².